The van der Waals surface area contributed by atoms with Gasteiger partial charge in [-0.25, -0.2) is 9.18 Å². The monoisotopic (exact) mass is 307 g/mol. The second kappa shape index (κ2) is 6.02. The third kappa shape index (κ3) is 2.88. The lowest BCUT2D eigenvalue weighted by molar-refractivity contribution is 0.0520. The zero-order valence-corrected chi connectivity index (χ0v) is 12.8. The van der Waals surface area contributed by atoms with Crippen molar-refractivity contribution < 1.29 is 13.9 Å². The summed E-state index contributed by atoms with van der Waals surface area (Å²) in [5.41, 5.74) is 2.46. The lowest BCUT2D eigenvalue weighted by Gasteiger charge is -2.09. The van der Waals surface area contributed by atoms with Crippen molar-refractivity contribution in [3.8, 4) is 10.6 Å². The van der Waals surface area contributed by atoms with E-state index < -0.39 is 0 Å². The van der Waals surface area contributed by atoms with Crippen molar-refractivity contribution in [2.45, 2.75) is 38.5 Å². The predicted molar refractivity (Wildman–Crippen MR) is 81.2 cm³/mol. The Morgan fingerprint density at radius 1 is 1.43 bits per heavy atom. The summed E-state index contributed by atoms with van der Waals surface area (Å²) in [7, 11) is 0. The molecule has 1 aliphatic rings. The Labute approximate surface area is 127 Å². The maximum absolute atomic E-state index is 13.3. The number of aromatic nitrogens is 1. The highest BCUT2D eigenvalue weighted by Crippen LogP contribution is 2.41. The summed E-state index contributed by atoms with van der Waals surface area (Å²) in [6.07, 6.45) is 4.67. The summed E-state index contributed by atoms with van der Waals surface area (Å²) >= 11 is 1.36. The number of ether oxygens (including phenoxy) is 1. The molecule has 0 amide bonds. The van der Waals surface area contributed by atoms with Gasteiger partial charge in [0.25, 0.3) is 0 Å². The van der Waals surface area contributed by atoms with Crippen molar-refractivity contribution in [1.82, 2.24) is 4.98 Å². The van der Waals surface area contributed by atoms with Crippen molar-refractivity contribution in [3.63, 3.8) is 0 Å². The highest BCUT2D eigenvalue weighted by molar-refractivity contribution is 7.13. The molecule has 0 radical (unpaired) electrons. The first-order valence-corrected chi connectivity index (χ1v) is 8.21. The topological polar surface area (TPSA) is 42.1 Å². The fourth-order valence-electron chi connectivity index (χ4n) is 3.00. The Bertz CT molecular complexity index is 640. The van der Waals surface area contributed by atoms with Gasteiger partial charge in [0.05, 0.1) is 17.2 Å². The maximum atomic E-state index is 13.3. The van der Waals surface area contributed by atoms with Crippen LogP contribution in [-0.4, -0.2) is 17.6 Å². The molecular formula is C16H18FNO2S. The smallest absolute Gasteiger partial charge is 0.354 e. The summed E-state index contributed by atoms with van der Waals surface area (Å²) in [6.45, 7) is 2.13. The molecule has 0 spiro atoms. The highest BCUT2D eigenvalue weighted by atomic mass is 32.1. The van der Waals surface area contributed by atoms with E-state index in [9.17, 15) is 9.18 Å². The summed E-state index contributed by atoms with van der Waals surface area (Å²) in [4.78, 5) is 15.9. The van der Waals surface area contributed by atoms with E-state index in [2.05, 4.69) is 4.98 Å². The molecule has 1 fully saturated rings. The standard InChI is InChI=1S/C16H18FNO2S/c1-2-20-16(19)13-8-12(10-5-3-4-6-10)15(18-13)14-7-11(17)9-21-14/h7-10,18H,2-6H2,1H3. The molecule has 2 heterocycles. The van der Waals surface area contributed by atoms with Gasteiger partial charge in [0, 0.05) is 5.38 Å². The van der Waals surface area contributed by atoms with Crippen molar-refractivity contribution in [1.29, 1.82) is 0 Å². The predicted octanol–water partition coefficient (Wildman–Crippen LogP) is 4.72. The van der Waals surface area contributed by atoms with Gasteiger partial charge < -0.3 is 9.72 Å². The number of halogens is 1. The van der Waals surface area contributed by atoms with Crippen LogP contribution in [0.2, 0.25) is 0 Å². The number of carbonyl (C=O) groups excluding carboxylic acids is 1. The Hall–Kier alpha value is -1.62. The summed E-state index contributed by atoms with van der Waals surface area (Å²) in [5.74, 6) is -0.135. The van der Waals surface area contributed by atoms with Gasteiger partial charge in [-0.2, -0.15) is 0 Å². The minimum absolute atomic E-state index is 0.236. The quantitative estimate of drug-likeness (QED) is 0.831. The van der Waals surface area contributed by atoms with Gasteiger partial charge in [-0.1, -0.05) is 12.8 Å². The molecule has 0 bridgehead atoms. The number of carbonyl (C=O) groups is 1. The Balaban J connectivity index is 2.01. The summed E-state index contributed by atoms with van der Waals surface area (Å²) < 4.78 is 18.4. The minimum atomic E-state index is -0.347. The molecule has 0 atom stereocenters. The maximum Gasteiger partial charge on any atom is 0.354 e. The van der Waals surface area contributed by atoms with E-state index in [1.165, 1.54) is 35.6 Å². The summed E-state index contributed by atoms with van der Waals surface area (Å²) in [5, 5.41) is 1.48. The molecule has 0 aliphatic heterocycles. The number of thiophene rings is 1. The van der Waals surface area contributed by atoms with E-state index in [1.54, 1.807) is 6.92 Å². The SMILES string of the molecule is CCOC(=O)c1cc(C2CCCC2)c(-c2cc(F)cs2)[nH]1. The largest absolute Gasteiger partial charge is 0.461 e. The number of aromatic amines is 1. The molecule has 0 unspecified atom stereocenters. The first kappa shape index (κ1) is 14.3. The lowest BCUT2D eigenvalue weighted by atomic mass is 9.97. The van der Waals surface area contributed by atoms with E-state index >= 15 is 0 Å². The molecule has 3 nitrogen and oxygen atoms in total. The third-order valence-corrected chi connectivity index (χ3v) is 4.87. The Morgan fingerprint density at radius 2 is 2.19 bits per heavy atom. The first-order chi connectivity index (χ1) is 10.2. The van der Waals surface area contributed by atoms with Gasteiger partial charge in [-0.05, 0) is 43.4 Å². The van der Waals surface area contributed by atoms with E-state index in [0.717, 1.165) is 29.0 Å². The molecule has 2 aromatic heterocycles. The van der Waals surface area contributed by atoms with Gasteiger partial charge in [-0.3, -0.25) is 0 Å². The zero-order chi connectivity index (χ0) is 14.8. The van der Waals surface area contributed by atoms with Gasteiger partial charge >= 0.3 is 5.97 Å². The number of rotatable bonds is 4. The normalized spacial score (nSPS) is 15.5. The molecule has 3 rings (SSSR count). The molecule has 5 heteroatoms. The first-order valence-electron chi connectivity index (χ1n) is 7.33. The lowest BCUT2D eigenvalue weighted by Crippen LogP contribution is -2.04. The van der Waals surface area contributed by atoms with Crippen molar-refractivity contribution >= 4 is 17.3 Å². The van der Waals surface area contributed by atoms with Gasteiger partial charge in [0.1, 0.15) is 11.5 Å². The summed E-state index contributed by atoms with van der Waals surface area (Å²) in [6, 6.07) is 3.41. The van der Waals surface area contributed by atoms with Crippen LogP contribution >= 0.6 is 11.3 Å². The van der Waals surface area contributed by atoms with Gasteiger partial charge in [0.2, 0.25) is 0 Å². The molecular weight excluding hydrogens is 289 g/mol. The molecule has 1 saturated carbocycles. The number of nitrogens with one attached hydrogen (secondary N) is 1. The van der Waals surface area contributed by atoms with Crippen molar-refractivity contribution in [2.75, 3.05) is 6.61 Å². The van der Waals surface area contributed by atoms with Crippen LogP contribution in [0.3, 0.4) is 0 Å². The molecule has 2 aromatic rings. The fraction of sp³-hybridized carbons (Fsp3) is 0.438. The van der Waals surface area contributed by atoms with Crippen LogP contribution in [0, 0.1) is 5.82 Å². The second-order valence-electron chi connectivity index (χ2n) is 5.34. The number of esters is 1. The molecule has 0 aromatic carbocycles. The van der Waals surface area contributed by atoms with E-state index in [1.807, 2.05) is 6.07 Å². The van der Waals surface area contributed by atoms with E-state index in [4.69, 9.17) is 4.74 Å². The Morgan fingerprint density at radius 3 is 2.81 bits per heavy atom. The molecule has 1 aliphatic carbocycles. The van der Waals surface area contributed by atoms with E-state index in [0.29, 0.717) is 18.2 Å². The Kier molecular flexibility index (Phi) is 4.10. The number of H-pyrrole nitrogens is 1. The molecule has 21 heavy (non-hydrogen) atoms. The van der Waals surface area contributed by atoms with Crippen LogP contribution in [-0.2, 0) is 4.74 Å². The van der Waals surface area contributed by atoms with Crippen molar-refractivity contribution in [3.05, 3.63) is 34.6 Å². The number of hydrogen-bond acceptors (Lipinski definition) is 3. The average molecular weight is 307 g/mol. The van der Waals surface area contributed by atoms with Crippen LogP contribution in [0.5, 0.6) is 0 Å². The van der Waals surface area contributed by atoms with Crippen LogP contribution in [0.25, 0.3) is 10.6 Å². The van der Waals surface area contributed by atoms with Crippen LogP contribution in [0.15, 0.2) is 17.5 Å². The highest BCUT2D eigenvalue weighted by Gasteiger charge is 2.25. The van der Waals surface area contributed by atoms with Crippen LogP contribution < -0.4 is 0 Å². The molecule has 112 valence electrons. The minimum Gasteiger partial charge on any atom is -0.461 e. The van der Waals surface area contributed by atoms with Crippen LogP contribution in [0.1, 0.15) is 54.6 Å². The van der Waals surface area contributed by atoms with Crippen LogP contribution in [0.4, 0.5) is 4.39 Å². The average Bonchev–Trinajstić information content (AvgIpc) is 3.18. The van der Waals surface area contributed by atoms with Gasteiger partial charge in [0.15, 0.2) is 0 Å². The molecule has 0 saturated heterocycles. The molecule has 1 N–H and O–H groups in total. The second-order valence-corrected chi connectivity index (χ2v) is 6.26. The van der Waals surface area contributed by atoms with Crippen molar-refractivity contribution in [2.24, 2.45) is 0 Å². The van der Waals surface area contributed by atoms with E-state index in [-0.39, 0.29) is 11.8 Å². The van der Waals surface area contributed by atoms with Gasteiger partial charge in [-0.15, -0.1) is 11.3 Å². The fourth-order valence-corrected chi connectivity index (χ4v) is 3.77. The number of hydrogen-bond donors (Lipinski definition) is 1. The third-order valence-electron chi connectivity index (χ3n) is 3.95. The zero-order valence-electron chi connectivity index (χ0n) is 11.9.